The smallest absolute Gasteiger partial charge is 0.103 e. The second-order valence-corrected chi connectivity index (χ2v) is 4.42. The van der Waals surface area contributed by atoms with Gasteiger partial charge in [-0.3, -0.25) is 4.98 Å². The number of nitrogens with one attached hydrogen (secondary N) is 1. The van der Waals surface area contributed by atoms with Crippen LogP contribution in [-0.2, 0) is 0 Å². The Morgan fingerprint density at radius 3 is 2.88 bits per heavy atom. The van der Waals surface area contributed by atoms with Crippen molar-refractivity contribution in [3.63, 3.8) is 0 Å². The van der Waals surface area contributed by atoms with Gasteiger partial charge in [-0.25, -0.2) is 0 Å². The maximum atomic E-state index is 8.98. The molecule has 0 saturated carbocycles. The summed E-state index contributed by atoms with van der Waals surface area (Å²) in [5, 5.41) is 13.3. The Morgan fingerprint density at radius 2 is 2.25 bits per heavy atom. The molecular weight excluding hydrogens is 289 g/mol. The van der Waals surface area contributed by atoms with Crippen LogP contribution < -0.4 is 5.32 Å². The van der Waals surface area contributed by atoms with Gasteiger partial charge in [-0.2, -0.15) is 5.26 Å². The fourth-order valence-electron chi connectivity index (χ4n) is 1.58. The van der Waals surface area contributed by atoms with E-state index in [9.17, 15) is 0 Å². The number of benzene rings is 1. The van der Waals surface area contributed by atoms with Crippen LogP contribution in [0.2, 0.25) is 5.02 Å². The lowest BCUT2D eigenvalue weighted by Gasteiger charge is -2.09. The molecule has 0 radical (unpaired) electrons. The third-order valence-corrected chi connectivity index (χ3v) is 3.25. The van der Waals surface area contributed by atoms with Gasteiger partial charge in [0.2, 0.25) is 0 Å². The summed E-state index contributed by atoms with van der Waals surface area (Å²) in [7, 11) is 1.76. The average molecular weight is 297 g/mol. The van der Waals surface area contributed by atoms with Crippen molar-refractivity contribution in [2.75, 3.05) is 12.4 Å². The fourth-order valence-corrected chi connectivity index (χ4v) is 2.26. The number of halogens is 2. The standard InChI is InChI=1S/C11H7BrClN3/c1-15-10-6(4-14)5-16-11-7(12)2-3-8(13)9(10)11/h2-3,5H,1H3,(H,15,16). The lowest BCUT2D eigenvalue weighted by Crippen LogP contribution is -1.96. The first-order valence-electron chi connectivity index (χ1n) is 4.53. The molecule has 80 valence electrons. The van der Waals surface area contributed by atoms with Crippen molar-refractivity contribution >= 4 is 44.1 Å². The number of hydrogen-bond donors (Lipinski definition) is 1. The van der Waals surface area contributed by atoms with E-state index in [0.717, 1.165) is 15.4 Å². The molecule has 0 saturated heterocycles. The van der Waals surface area contributed by atoms with Gasteiger partial charge in [-0.15, -0.1) is 0 Å². The molecule has 0 unspecified atom stereocenters. The summed E-state index contributed by atoms with van der Waals surface area (Å²) in [6.07, 6.45) is 1.54. The SMILES string of the molecule is CNc1c(C#N)cnc2c(Br)ccc(Cl)c12. The van der Waals surface area contributed by atoms with E-state index in [1.54, 1.807) is 13.1 Å². The summed E-state index contributed by atoms with van der Waals surface area (Å²) in [6, 6.07) is 5.70. The molecule has 0 bridgehead atoms. The van der Waals surface area contributed by atoms with E-state index in [2.05, 4.69) is 32.3 Å². The molecular formula is C11H7BrClN3. The summed E-state index contributed by atoms with van der Waals surface area (Å²) in [5.41, 5.74) is 1.93. The molecule has 0 amide bonds. The Bertz CT molecular complexity index is 604. The Morgan fingerprint density at radius 1 is 1.50 bits per heavy atom. The van der Waals surface area contributed by atoms with Gasteiger partial charge in [-0.05, 0) is 28.1 Å². The Hall–Kier alpha value is -1.31. The number of anilines is 1. The summed E-state index contributed by atoms with van der Waals surface area (Å²) in [4.78, 5) is 4.23. The number of nitriles is 1. The predicted molar refractivity (Wildman–Crippen MR) is 68.7 cm³/mol. The first-order chi connectivity index (χ1) is 7.69. The van der Waals surface area contributed by atoms with Gasteiger partial charge < -0.3 is 5.32 Å². The van der Waals surface area contributed by atoms with E-state index in [1.807, 2.05) is 6.07 Å². The van der Waals surface area contributed by atoms with Gasteiger partial charge in [0.1, 0.15) is 6.07 Å². The number of fused-ring (bicyclic) bond motifs is 1. The summed E-state index contributed by atoms with van der Waals surface area (Å²) in [5.74, 6) is 0. The highest BCUT2D eigenvalue weighted by Crippen LogP contribution is 2.35. The first kappa shape index (κ1) is 11.2. The van der Waals surface area contributed by atoms with Gasteiger partial charge in [0.05, 0.1) is 21.8 Å². The molecule has 0 aliphatic carbocycles. The molecule has 16 heavy (non-hydrogen) atoms. The Labute approximate surface area is 106 Å². The van der Waals surface area contributed by atoms with Crippen molar-refractivity contribution in [3.8, 4) is 6.07 Å². The van der Waals surface area contributed by atoms with Gasteiger partial charge in [0.15, 0.2) is 0 Å². The van der Waals surface area contributed by atoms with Crippen molar-refractivity contribution in [2.24, 2.45) is 0 Å². The molecule has 0 spiro atoms. The van der Waals surface area contributed by atoms with E-state index in [-0.39, 0.29) is 0 Å². The van der Waals surface area contributed by atoms with Crippen LogP contribution in [0.25, 0.3) is 10.9 Å². The minimum absolute atomic E-state index is 0.481. The fraction of sp³-hybridized carbons (Fsp3) is 0.0909. The van der Waals surface area contributed by atoms with Gasteiger partial charge in [0, 0.05) is 23.1 Å². The summed E-state index contributed by atoms with van der Waals surface area (Å²) < 4.78 is 0.855. The van der Waals surface area contributed by atoms with Crippen LogP contribution in [0.5, 0.6) is 0 Å². The minimum Gasteiger partial charge on any atom is -0.386 e. The molecule has 2 aromatic rings. The van der Waals surface area contributed by atoms with Crippen molar-refractivity contribution in [1.82, 2.24) is 4.98 Å². The summed E-state index contributed by atoms with van der Waals surface area (Å²) >= 11 is 9.54. The second kappa shape index (κ2) is 4.28. The monoisotopic (exact) mass is 295 g/mol. The van der Waals surface area contributed by atoms with E-state index >= 15 is 0 Å². The number of rotatable bonds is 1. The van der Waals surface area contributed by atoms with E-state index in [1.165, 1.54) is 6.20 Å². The zero-order valence-corrected chi connectivity index (χ0v) is 10.7. The maximum Gasteiger partial charge on any atom is 0.103 e. The minimum atomic E-state index is 0.481. The highest BCUT2D eigenvalue weighted by molar-refractivity contribution is 9.10. The quantitative estimate of drug-likeness (QED) is 0.875. The van der Waals surface area contributed by atoms with Gasteiger partial charge in [0.25, 0.3) is 0 Å². The molecule has 0 aliphatic rings. The zero-order chi connectivity index (χ0) is 11.7. The lowest BCUT2D eigenvalue weighted by molar-refractivity contribution is 1.35. The molecule has 3 nitrogen and oxygen atoms in total. The number of pyridine rings is 1. The van der Waals surface area contributed by atoms with Crippen molar-refractivity contribution in [3.05, 3.63) is 33.4 Å². The van der Waals surface area contributed by atoms with Gasteiger partial charge >= 0.3 is 0 Å². The topological polar surface area (TPSA) is 48.7 Å². The van der Waals surface area contributed by atoms with E-state index < -0.39 is 0 Å². The van der Waals surface area contributed by atoms with Crippen LogP contribution in [0.1, 0.15) is 5.56 Å². The predicted octanol–water partition coefficient (Wildman–Crippen LogP) is 3.56. The number of aromatic nitrogens is 1. The van der Waals surface area contributed by atoms with Crippen molar-refractivity contribution < 1.29 is 0 Å². The van der Waals surface area contributed by atoms with Gasteiger partial charge in [-0.1, -0.05) is 11.6 Å². The third kappa shape index (κ3) is 1.62. The van der Waals surface area contributed by atoms with Crippen molar-refractivity contribution in [1.29, 1.82) is 5.26 Å². The molecule has 1 aromatic heterocycles. The highest BCUT2D eigenvalue weighted by Gasteiger charge is 2.12. The van der Waals surface area contributed by atoms with E-state index in [0.29, 0.717) is 16.3 Å². The summed E-state index contributed by atoms with van der Waals surface area (Å²) in [6.45, 7) is 0. The molecule has 0 aliphatic heterocycles. The molecule has 0 fully saturated rings. The normalized spacial score (nSPS) is 10.1. The van der Waals surface area contributed by atoms with Crippen LogP contribution in [0.15, 0.2) is 22.8 Å². The highest BCUT2D eigenvalue weighted by atomic mass is 79.9. The zero-order valence-electron chi connectivity index (χ0n) is 8.38. The Kier molecular flexibility index (Phi) is 2.99. The van der Waals surface area contributed by atoms with E-state index in [4.69, 9.17) is 16.9 Å². The van der Waals surface area contributed by atoms with Crippen LogP contribution in [0.3, 0.4) is 0 Å². The molecule has 2 rings (SSSR count). The van der Waals surface area contributed by atoms with Crippen LogP contribution in [-0.4, -0.2) is 12.0 Å². The number of hydrogen-bond acceptors (Lipinski definition) is 3. The second-order valence-electron chi connectivity index (χ2n) is 3.16. The molecule has 0 atom stereocenters. The molecule has 5 heteroatoms. The largest absolute Gasteiger partial charge is 0.386 e. The van der Waals surface area contributed by atoms with Crippen molar-refractivity contribution in [2.45, 2.75) is 0 Å². The third-order valence-electron chi connectivity index (χ3n) is 2.29. The van der Waals surface area contributed by atoms with Crippen LogP contribution in [0, 0.1) is 11.3 Å². The van der Waals surface area contributed by atoms with Crippen LogP contribution >= 0.6 is 27.5 Å². The molecule has 1 heterocycles. The first-order valence-corrected chi connectivity index (χ1v) is 5.70. The molecule has 1 N–H and O–H groups in total. The molecule has 1 aromatic carbocycles. The average Bonchev–Trinajstić information content (AvgIpc) is 2.32. The van der Waals surface area contributed by atoms with Crippen LogP contribution in [0.4, 0.5) is 5.69 Å². The lowest BCUT2D eigenvalue weighted by atomic mass is 10.1. The maximum absolute atomic E-state index is 8.98. The number of nitrogens with zero attached hydrogens (tertiary/aromatic N) is 2. The Balaban J connectivity index is 2.98.